The van der Waals surface area contributed by atoms with Gasteiger partial charge in [0, 0.05) is 5.56 Å². The molecule has 0 aliphatic carbocycles. The molecule has 0 unspecified atom stereocenters. The summed E-state index contributed by atoms with van der Waals surface area (Å²) < 4.78 is 0. The third-order valence-corrected chi connectivity index (χ3v) is 3.77. The Hall–Kier alpha value is -0.870. The summed E-state index contributed by atoms with van der Waals surface area (Å²) in [4.78, 5) is 1.23. The molecule has 0 fully saturated rings. The van der Waals surface area contributed by atoms with E-state index in [1.165, 1.54) is 10.5 Å². The van der Waals surface area contributed by atoms with Crippen molar-refractivity contribution in [2.45, 2.75) is 9.92 Å². The van der Waals surface area contributed by atoms with Gasteiger partial charge in [0.2, 0.25) is 0 Å². The van der Waals surface area contributed by atoms with E-state index in [0.29, 0.717) is 0 Å². The molecule has 0 radical (unpaired) electrons. The van der Waals surface area contributed by atoms with Crippen molar-refractivity contribution < 1.29 is 0 Å². The molecule has 1 aromatic heterocycles. The number of benzene rings is 1. The number of hydrogen-bond donors (Lipinski definition) is 1. The van der Waals surface area contributed by atoms with Gasteiger partial charge < -0.3 is 0 Å². The maximum Gasteiger partial charge on any atom is 0.132 e. The van der Waals surface area contributed by atoms with Crippen LogP contribution >= 0.6 is 23.5 Å². The lowest BCUT2D eigenvalue weighted by Crippen LogP contribution is -1.79. The van der Waals surface area contributed by atoms with Gasteiger partial charge >= 0.3 is 0 Å². The zero-order chi connectivity index (χ0) is 10.7. The van der Waals surface area contributed by atoms with E-state index in [1.54, 1.807) is 23.5 Å². The quantitative estimate of drug-likeness (QED) is 0.827. The Morgan fingerprint density at radius 1 is 1.07 bits per heavy atom. The molecule has 0 bridgehead atoms. The molecule has 0 aliphatic heterocycles. The van der Waals surface area contributed by atoms with Crippen molar-refractivity contribution in [1.29, 1.82) is 0 Å². The highest BCUT2D eigenvalue weighted by atomic mass is 32.2. The molecule has 2 nitrogen and oxygen atoms in total. The maximum atomic E-state index is 4.30. The molecule has 1 aromatic carbocycles. The van der Waals surface area contributed by atoms with Gasteiger partial charge in [-0.2, -0.15) is 5.10 Å². The van der Waals surface area contributed by atoms with E-state index < -0.39 is 0 Å². The second-order valence-electron chi connectivity index (χ2n) is 3.01. The van der Waals surface area contributed by atoms with Gasteiger partial charge in [-0.05, 0) is 12.5 Å². The average molecular weight is 236 g/mol. The number of aromatic nitrogens is 2. The first-order valence-electron chi connectivity index (χ1n) is 4.58. The van der Waals surface area contributed by atoms with Crippen molar-refractivity contribution >= 4 is 23.5 Å². The summed E-state index contributed by atoms with van der Waals surface area (Å²) in [6.45, 7) is 0. The normalized spacial score (nSPS) is 10.5. The Morgan fingerprint density at radius 3 is 2.40 bits per heavy atom. The Labute approximate surface area is 97.9 Å². The van der Waals surface area contributed by atoms with Gasteiger partial charge in [-0.15, -0.1) is 23.5 Å². The SMILES string of the molecule is CSc1n[nH]c(-c2ccccc2)c1SC. The van der Waals surface area contributed by atoms with E-state index in [-0.39, 0.29) is 0 Å². The number of thioether (sulfide) groups is 2. The lowest BCUT2D eigenvalue weighted by molar-refractivity contribution is 0.994. The first-order valence-corrected chi connectivity index (χ1v) is 7.03. The van der Waals surface area contributed by atoms with Gasteiger partial charge in [0.05, 0.1) is 10.6 Å². The molecule has 78 valence electrons. The minimum absolute atomic E-state index is 1.07. The zero-order valence-electron chi connectivity index (χ0n) is 8.65. The van der Waals surface area contributed by atoms with Gasteiger partial charge in [-0.1, -0.05) is 30.3 Å². The Kier molecular flexibility index (Phi) is 3.38. The topological polar surface area (TPSA) is 28.7 Å². The lowest BCUT2D eigenvalue weighted by Gasteiger charge is -2.00. The van der Waals surface area contributed by atoms with Crippen molar-refractivity contribution in [3.05, 3.63) is 30.3 Å². The Balaban J connectivity index is 2.49. The van der Waals surface area contributed by atoms with Crippen molar-refractivity contribution in [3.8, 4) is 11.3 Å². The predicted octanol–water partition coefficient (Wildman–Crippen LogP) is 3.52. The molecule has 1 heterocycles. The van der Waals surface area contributed by atoms with E-state index in [4.69, 9.17) is 0 Å². The molecule has 2 aromatic rings. The molecule has 4 heteroatoms. The van der Waals surface area contributed by atoms with Crippen LogP contribution in [-0.4, -0.2) is 22.7 Å². The second-order valence-corrected chi connectivity index (χ2v) is 4.62. The minimum Gasteiger partial charge on any atom is -0.276 e. The molecule has 2 rings (SSSR count). The smallest absolute Gasteiger partial charge is 0.132 e. The van der Waals surface area contributed by atoms with E-state index in [2.05, 4.69) is 28.6 Å². The third kappa shape index (κ3) is 2.06. The van der Waals surface area contributed by atoms with Crippen molar-refractivity contribution in [1.82, 2.24) is 10.2 Å². The molecule has 0 saturated heterocycles. The number of nitrogens with one attached hydrogen (secondary N) is 1. The van der Waals surface area contributed by atoms with Gasteiger partial charge in [-0.25, -0.2) is 0 Å². The summed E-state index contributed by atoms with van der Waals surface area (Å²) >= 11 is 3.41. The molecule has 15 heavy (non-hydrogen) atoms. The van der Waals surface area contributed by atoms with Crippen LogP contribution in [0.5, 0.6) is 0 Å². The number of H-pyrrole nitrogens is 1. The summed E-state index contributed by atoms with van der Waals surface area (Å²) in [7, 11) is 0. The van der Waals surface area contributed by atoms with Crippen LogP contribution in [-0.2, 0) is 0 Å². The first kappa shape index (κ1) is 10.6. The van der Waals surface area contributed by atoms with Crippen LogP contribution < -0.4 is 0 Å². The van der Waals surface area contributed by atoms with Crippen LogP contribution in [0.1, 0.15) is 0 Å². The fourth-order valence-electron chi connectivity index (χ4n) is 1.44. The Morgan fingerprint density at radius 2 is 1.80 bits per heavy atom. The summed E-state index contributed by atoms with van der Waals surface area (Å²) in [6.07, 6.45) is 4.13. The van der Waals surface area contributed by atoms with Crippen molar-refractivity contribution in [3.63, 3.8) is 0 Å². The maximum absolute atomic E-state index is 4.30. The van der Waals surface area contributed by atoms with Gasteiger partial charge in [0.15, 0.2) is 0 Å². The standard InChI is InChI=1S/C11H12N2S2/c1-14-10-9(12-13-11(10)15-2)8-6-4-3-5-7-8/h3-7H,1-2H3,(H,12,13). The van der Waals surface area contributed by atoms with Crippen molar-refractivity contribution in [2.24, 2.45) is 0 Å². The third-order valence-electron chi connectivity index (χ3n) is 2.15. The molecule has 0 amide bonds. The van der Waals surface area contributed by atoms with Crippen LogP contribution in [0.4, 0.5) is 0 Å². The molecule has 1 N–H and O–H groups in total. The zero-order valence-corrected chi connectivity index (χ0v) is 10.3. The molecule has 0 saturated carbocycles. The highest BCUT2D eigenvalue weighted by Crippen LogP contribution is 2.34. The van der Waals surface area contributed by atoms with Gasteiger partial charge in [-0.3, -0.25) is 5.10 Å². The Bertz CT molecular complexity index is 437. The van der Waals surface area contributed by atoms with E-state index in [9.17, 15) is 0 Å². The van der Waals surface area contributed by atoms with Gasteiger partial charge in [0.1, 0.15) is 5.03 Å². The minimum atomic E-state index is 1.07. The van der Waals surface area contributed by atoms with Crippen LogP contribution in [0, 0.1) is 0 Å². The summed E-state index contributed by atoms with van der Waals surface area (Å²) in [6, 6.07) is 10.3. The first-order chi connectivity index (χ1) is 7.36. The molecular formula is C11H12N2S2. The number of nitrogens with zero attached hydrogens (tertiary/aromatic N) is 1. The van der Waals surface area contributed by atoms with Crippen LogP contribution in [0.2, 0.25) is 0 Å². The number of aromatic amines is 1. The van der Waals surface area contributed by atoms with E-state index in [0.717, 1.165) is 10.7 Å². The predicted molar refractivity (Wildman–Crippen MR) is 67.6 cm³/mol. The van der Waals surface area contributed by atoms with Gasteiger partial charge in [0.25, 0.3) is 0 Å². The second kappa shape index (κ2) is 4.77. The fourth-order valence-corrected chi connectivity index (χ4v) is 2.96. The molecule has 0 aliphatic rings. The number of rotatable bonds is 3. The van der Waals surface area contributed by atoms with E-state index in [1.807, 2.05) is 24.5 Å². The van der Waals surface area contributed by atoms with E-state index >= 15 is 0 Å². The highest BCUT2D eigenvalue weighted by Gasteiger charge is 2.12. The van der Waals surface area contributed by atoms with Crippen LogP contribution in [0.15, 0.2) is 40.3 Å². The van der Waals surface area contributed by atoms with Crippen LogP contribution in [0.3, 0.4) is 0 Å². The van der Waals surface area contributed by atoms with Crippen molar-refractivity contribution in [2.75, 3.05) is 12.5 Å². The van der Waals surface area contributed by atoms with Crippen LogP contribution in [0.25, 0.3) is 11.3 Å². The average Bonchev–Trinajstić information content (AvgIpc) is 2.72. The fraction of sp³-hybridized carbons (Fsp3) is 0.182. The lowest BCUT2D eigenvalue weighted by atomic mass is 10.2. The monoisotopic (exact) mass is 236 g/mol. The number of hydrogen-bond acceptors (Lipinski definition) is 3. The summed E-state index contributed by atoms with van der Waals surface area (Å²) in [5.41, 5.74) is 2.31. The molecule has 0 spiro atoms. The largest absolute Gasteiger partial charge is 0.276 e. The summed E-state index contributed by atoms with van der Waals surface area (Å²) in [5, 5.41) is 8.47. The summed E-state index contributed by atoms with van der Waals surface area (Å²) in [5.74, 6) is 0. The molecular weight excluding hydrogens is 224 g/mol. The highest BCUT2D eigenvalue weighted by molar-refractivity contribution is 8.01. The molecule has 0 atom stereocenters.